The third kappa shape index (κ3) is 6.11. The molecule has 0 spiro atoms. The van der Waals surface area contributed by atoms with Crippen LogP contribution in [0.15, 0.2) is 11.0 Å². The maximum absolute atomic E-state index is 11.3. The smallest absolute Gasteiger partial charge is 0.374 e. The molecule has 17 heavy (non-hydrogen) atoms. The number of rotatable bonds is 7. The molecule has 5 nitrogen and oxygen atoms in total. The highest BCUT2D eigenvalue weighted by atomic mass is 32.2. The Hall–Kier alpha value is -1.30. The molecule has 0 bridgehead atoms. The Labute approximate surface area is 105 Å². The zero-order valence-corrected chi connectivity index (χ0v) is 11.0. The predicted molar refractivity (Wildman–Crippen MR) is 64.5 cm³/mol. The Kier molecular flexibility index (Phi) is 8.13. The highest BCUT2D eigenvalue weighted by Gasteiger charge is 2.15. The van der Waals surface area contributed by atoms with Gasteiger partial charge in [0.05, 0.1) is 18.1 Å². The fraction of sp³-hybridized carbons (Fsp3) is 0.545. The number of hydrogen-bond donors (Lipinski definition) is 0. The summed E-state index contributed by atoms with van der Waals surface area (Å²) >= 11 is 1.17. The normalized spacial score (nSPS) is 10.9. The molecule has 0 atom stereocenters. The second-order valence-corrected chi connectivity index (χ2v) is 3.69. The number of carbonyl (C=O) groups is 3. The number of carbonyl (C=O) groups excluding carboxylic acids is 3. The van der Waals surface area contributed by atoms with Crippen LogP contribution >= 0.6 is 11.8 Å². The summed E-state index contributed by atoms with van der Waals surface area (Å²) in [6.45, 7) is 3.73. The highest BCUT2D eigenvalue weighted by molar-refractivity contribution is 8.03. The van der Waals surface area contributed by atoms with Gasteiger partial charge in [-0.3, -0.25) is 4.79 Å². The number of allylic oxidation sites excluding steroid dienone is 1. The van der Waals surface area contributed by atoms with Gasteiger partial charge in [-0.2, -0.15) is 0 Å². The van der Waals surface area contributed by atoms with E-state index in [4.69, 9.17) is 4.74 Å². The van der Waals surface area contributed by atoms with Crippen molar-refractivity contribution in [3.05, 3.63) is 11.0 Å². The highest BCUT2D eigenvalue weighted by Crippen LogP contribution is 2.14. The number of hydrogen-bond acceptors (Lipinski definition) is 6. The van der Waals surface area contributed by atoms with Crippen molar-refractivity contribution < 1.29 is 23.9 Å². The van der Waals surface area contributed by atoms with E-state index < -0.39 is 17.7 Å². The maximum Gasteiger partial charge on any atom is 0.374 e. The summed E-state index contributed by atoms with van der Waals surface area (Å²) in [6, 6.07) is 0. The van der Waals surface area contributed by atoms with E-state index in [-0.39, 0.29) is 19.6 Å². The average molecular weight is 260 g/mol. The maximum atomic E-state index is 11.3. The van der Waals surface area contributed by atoms with Crippen molar-refractivity contribution in [1.82, 2.24) is 0 Å². The molecule has 0 radical (unpaired) electrons. The van der Waals surface area contributed by atoms with Crippen LogP contribution in [0.4, 0.5) is 0 Å². The van der Waals surface area contributed by atoms with Crippen molar-refractivity contribution in [1.29, 1.82) is 0 Å². The van der Waals surface area contributed by atoms with Gasteiger partial charge >= 0.3 is 11.9 Å². The number of Topliss-reactive ketones (excluding diaryl/α,β-unsaturated/α-hetero) is 1. The number of ether oxygens (including phenoxy) is 2. The molecule has 0 saturated heterocycles. The number of thioether (sulfide) groups is 1. The van der Waals surface area contributed by atoms with Gasteiger partial charge in [-0.1, -0.05) is 6.08 Å². The van der Waals surface area contributed by atoms with Crippen LogP contribution < -0.4 is 0 Å². The summed E-state index contributed by atoms with van der Waals surface area (Å²) in [6.07, 6.45) is 2.91. The lowest BCUT2D eigenvalue weighted by molar-refractivity contribution is -0.153. The first-order chi connectivity index (χ1) is 8.06. The monoisotopic (exact) mass is 260 g/mol. The van der Waals surface area contributed by atoms with Crippen LogP contribution in [-0.4, -0.2) is 37.2 Å². The van der Waals surface area contributed by atoms with E-state index in [1.165, 1.54) is 17.8 Å². The zero-order chi connectivity index (χ0) is 13.3. The lowest BCUT2D eigenvalue weighted by atomic mass is 10.2. The lowest BCUT2D eigenvalue weighted by Gasteiger charge is -2.03. The van der Waals surface area contributed by atoms with Crippen LogP contribution in [0.3, 0.4) is 0 Å². The molecule has 0 N–H and O–H groups in total. The molecule has 0 aromatic heterocycles. The summed E-state index contributed by atoms with van der Waals surface area (Å²) < 4.78 is 9.32. The number of esters is 2. The van der Waals surface area contributed by atoms with E-state index in [0.29, 0.717) is 4.91 Å². The first-order valence-corrected chi connectivity index (χ1v) is 6.40. The van der Waals surface area contributed by atoms with Crippen LogP contribution in [-0.2, 0) is 23.9 Å². The largest absolute Gasteiger partial charge is 0.462 e. The molecule has 0 heterocycles. The quantitative estimate of drug-likeness (QED) is 0.390. The standard InChI is InChI=1S/C11H16O5S/c1-4-15-10(13)8(12)6-7-9(17-3)11(14)16-5-2/h7H,4-6H2,1-3H3. The van der Waals surface area contributed by atoms with Gasteiger partial charge in [-0.05, 0) is 20.1 Å². The Morgan fingerprint density at radius 3 is 2.06 bits per heavy atom. The second-order valence-electron chi connectivity index (χ2n) is 2.84. The summed E-state index contributed by atoms with van der Waals surface area (Å²) in [5.41, 5.74) is 0. The van der Waals surface area contributed by atoms with Crippen LogP contribution in [0.1, 0.15) is 20.3 Å². The van der Waals surface area contributed by atoms with Crippen LogP contribution in [0, 0.1) is 0 Å². The fourth-order valence-electron chi connectivity index (χ4n) is 0.933. The predicted octanol–water partition coefficient (Wildman–Crippen LogP) is 1.32. The van der Waals surface area contributed by atoms with E-state index >= 15 is 0 Å². The zero-order valence-electron chi connectivity index (χ0n) is 10.1. The molecule has 0 unspecified atom stereocenters. The van der Waals surface area contributed by atoms with Crippen molar-refractivity contribution in [3.63, 3.8) is 0 Å². The number of ketones is 1. The fourth-order valence-corrected chi connectivity index (χ4v) is 1.41. The Balaban J connectivity index is 4.41. The Morgan fingerprint density at radius 2 is 1.59 bits per heavy atom. The van der Waals surface area contributed by atoms with E-state index in [2.05, 4.69) is 4.74 Å². The second kappa shape index (κ2) is 8.81. The van der Waals surface area contributed by atoms with Gasteiger partial charge in [-0.15, -0.1) is 11.8 Å². The molecule has 0 aliphatic carbocycles. The third-order valence-corrected chi connectivity index (χ3v) is 2.45. The van der Waals surface area contributed by atoms with Crippen LogP contribution in [0.25, 0.3) is 0 Å². The molecule has 96 valence electrons. The lowest BCUT2D eigenvalue weighted by Crippen LogP contribution is -2.16. The van der Waals surface area contributed by atoms with Crippen LogP contribution in [0.5, 0.6) is 0 Å². The summed E-state index contributed by atoms with van der Waals surface area (Å²) in [5.74, 6) is -2.05. The van der Waals surface area contributed by atoms with Crippen LogP contribution in [0.2, 0.25) is 0 Å². The molecule has 0 aliphatic rings. The Morgan fingerprint density at radius 1 is 1.06 bits per heavy atom. The molecule has 0 aromatic carbocycles. The van der Waals surface area contributed by atoms with Crippen molar-refractivity contribution >= 4 is 29.5 Å². The Bertz CT molecular complexity index is 322. The van der Waals surface area contributed by atoms with Gasteiger partial charge in [0.2, 0.25) is 5.78 Å². The molecule has 0 aliphatic heterocycles. The molecule has 6 heteroatoms. The van der Waals surface area contributed by atoms with E-state index in [9.17, 15) is 14.4 Å². The van der Waals surface area contributed by atoms with Crippen molar-refractivity contribution in [3.8, 4) is 0 Å². The first kappa shape index (κ1) is 15.7. The third-order valence-electron chi connectivity index (χ3n) is 1.67. The van der Waals surface area contributed by atoms with E-state index in [0.717, 1.165) is 0 Å². The molecule has 0 aromatic rings. The molecule has 0 fully saturated rings. The first-order valence-electron chi connectivity index (χ1n) is 5.18. The summed E-state index contributed by atoms with van der Waals surface area (Å²) in [5, 5.41) is 0. The average Bonchev–Trinajstić information content (AvgIpc) is 2.30. The minimum absolute atomic E-state index is 0.154. The minimum Gasteiger partial charge on any atom is -0.462 e. The van der Waals surface area contributed by atoms with Gasteiger partial charge in [0.1, 0.15) is 0 Å². The van der Waals surface area contributed by atoms with E-state index in [1.807, 2.05) is 0 Å². The van der Waals surface area contributed by atoms with Crippen molar-refractivity contribution in [2.24, 2.45) is 0 Å². The molecule has 0 rings (SSSR count). The van der Waals surface area contributed by atoms with Gasteiger partial charge in [0.15, 0.2) is 0 Å². The van der Waals surface area contributed by atoms with Gasteiger partial charge in [0, 0.05) is 6.42 Å². The van der Waals surface area contributed by atoms with Crippen molar-refractivity contribution in [2.75, 3.05) is 19.5 Å². The topological polar surface area (TPSA) is 69.7 Å². The molecule has 0 saturated carbocycles. The SMILES string of the molecule is CCOC(=O)C(=O)CC=C(SC)C(=O)OCC. The molecular formula is C11H16O5S. The molecular weight excluding hydrogens is 244 g/mol. The van der Waals surface area contributed by atoms with Crippen molar-refractivity contribution in [2.45, 2.75) is 20.3 Å². The van der Waals surface area contributed by atoms with Gasteiger partial charge in [0.25, 0.3) is 0 Å². The van der Waals surface area contributed by atoms with Gasteiger partial charge < -0.3 is 9.47 Å². The summed E-state index contributed by atoms with van der Waals surface area (Å²) in [4.78, 5) is 33.9. The summed E-state index contributed by atoms with van der Waals surface area (Å²) in [7, 11) is 0. The van der Waals surface area contributed by atoms with E-state index in [1.54, 1.807) is 20.1 Å². The molecule has 0 amide bonds. The van der Waals surface area contributed by atoms with Gasteiger partial charge in [-0.25, -0.2) is 9.59 Å². The minimum atomic E-state index is -0.881.